The normalized spacial score (nSPS) is 42.7. The zero-order valence-electron chi connectivity index (χ0n) is 12.6. The minimum Gasteiger partial charge on any atom is -0.376 e. The Bertz CT molecular complexity index is 487. The first-order valence-electron chi connectivity index (χ1n) is 7.49. The van der Waals surface area contributed by atoms with Gasteiger partial charge in [0.1, 0.15) is 36.6 Å². The Morgan fingerprint density at radius 3 is 1.91 bits per heavy atom. The Hall–Kier alpha value is -1.02. The van der Waals surface area contributed by atoms with E-state index in [1.165, 1.54) is 0 Å². The summed E-state index contributed by atoms with van der Waals surface area (Å²) in [6.07, 6.45) is -1.28. The molecule has 4 unspecified atom stereocenters. The molecule has 6 nitrogen and oxygen atoms in total. The molecule has 6 heteroatoms. The van der Waals surface area contributed by atoms with Crippen LogP contribution < -0.4 is 0 Å². The van der Waals surface area contributed by atoms with Crippen LogP contribution in [0.1, 0.15) is 5.56 Å². The summed E-state index contributed by atoms with van der Waals surface area (Å²) in [5, 5.41) is 0. The molecule has 1 aromatic rings. The molecule has 1 aromatic carbocycles. The average Bonchev–Trinajstić information content (AvgIpc) is 2.55. The summed E-state index contributed by atoms with van der Waals surface area (Å²) in [7, 11) is 3.31. The molecule has 120 valence electrons. The van der Waals surface area contributed by atoms with Crippen LogP contribution in [-0.4, -0.2) is 57.3 Å². The molecule has 4 fully saturated rings. The zero-order chi connectivity index (χ0) is 15.1. The molecule has 5 rings (SSSR count). The number of hydrogen-bond acceptors (Lipinski definition) is 6. The third-order valence-electron chi connectivity index (χ3n) is 4.58. The molecule has 0 radical (unpaired) electrons. The van der Waals surface area contributed by atoms with Crippen LogP contribution in [0.25, 0.3) is 0 Å². The topological polar surface area (TPSA) is 55.4 Å². The molecule has 1 aliphatic carbocycles. The van der Waals surface area contributed by atoms with E-state index in [1.807, 2.05) is 30.3 Å². The minimum atomic E-state index is -0.644. The van der Waals surface area contributed by atoms with Crippen molar-refractivity contribution in [3.63, 3.8) is 0 Å². The molecule has 3 heterocycles. The first kappa shape index (κ1) is 14.6. The van der Waals surface area contributed by atoms with Gasteiger partial charge >= 0.3 is 0 Å². The molecule has 3 aliphatic heterocycles. The van der Waals surface area contributed by atoms with Crippen molar-refractivity contribution in [3.8, 4) is 0 Å². The van der Waals surface area contributed by atoms with Crippen molar-refractivity contribution in [2.45, 2.75) is 49.7 Å². The lowest BCUT2D eigenvalue weighted by Gasteiger charge is -2.58. The predicted molar refractivity (Wildman–Crippen MR) is 75.0 cm³/mol. The maximum absolute atomic E-state index is 6.10. The standard InChI is InChI=1S/C16H20O6/c1-17-10-13-11(18-2)15-12(14(10)21-16(20-13)22-15)19-8-9-6-4-3-5-7-9/h3-7,10-16H,8H2,1-2H3. The summed E-state index contributed by atoms with van der Waals surface area (Å²) in [6.45, 7) is -0.150. The zero-order valence-corrected chi connectivity index (χ0v) is 12.6. The number of methoxy groups -OCH3 is 2. The largest absolute Gasteiger partial charge is 0.376 e. The quantitative estimate of drug-likeness (QED) is 0.811. The van der Waals surface area contributed by atoms with Gasteiger partial charge in [0.05, 0.1) is 6.61 Å². The van der Waals surface area contributed by atoms with E-state index in [9.17, 15) is 0 Å². The third kappa shape index (κ3) is 2.27. The smallest absolute Gasteiger partial charge is 0.272 e. The molecule has 4 atom stereocenters. The lowest BCUT2D eigenvalue weighted by molar-refractivity contribution is -0.486. The molecular weight excluding hydrogens is 288 g/mol. The Labute approximate surface area is 129 Å². The fraction of sp³-hybridized carbons (Fsp3) is 0.625. The second-order valence-corrected chi connectivity index (χ2v) is 5.75. The summed E-state index contributed by atoms with van der Waals surface area (Å²) >= 11 is 0. The van der Waals surface area contributed by atoms with Crippen LogP contribution in [0.2, 0.25) is 0 Å². The van der Waals surface area contributed by atoms with Crippen molar-refractivity contribution >= 4 is 0 Å². The van der Waals surface area contributed by atoms with E-state index in [1.54, 1.807) is 14.2 Å². The van der Waals surface area contributed by atoms with Gasteiger partial charge in [-0.15, -0.1) is 0 Å². The van der Waals surface area contributed by atoms with Crippen molar-refractivity contribution in [3.05, 3.63) is 35.9 Å². The summed E-state index contributed by atoms with van der Waals surface area (Å²) in [5.41, 5.74) is 1.11. The first-order valence-corrected chi connectivity index (χ1v) is 7.49. The number of rotatable bonds is 5. The monoisotopic (exact) mass is 308 g/mol. The van der Waals surface area contributed by atoms with Gasteiger partial charge in [-0.3, -0.25) is 0 Å². The lowest BCUT2D eigenvalue weighted by Crippen LogP contribution is -2.76. The van der Waals surface area contributed by atoms with Gasteiger partial charge in [-0.1, -0.05) is 30.3 Å². The summed E-state index contributed by atoms with van der Waals surface area (Å²) in [5.74, 6) is 0. The molecule has 4 bridgehead atoms. The summed E-state index contributed by atoms with van der Waals surface area (Å²) < 4.78 is 34.5. The van der Waals surface area contributed by atoms with Gasteiger partial charge in [0.25, 0.3) is 6.48 Å². The van der Waals surface area contributed by atoms with Crippen molar-refractivity contribution in [1.82, 2.24) is 0 Å². The summed E-state index contributed by atoms with van der Waals surface area (Å²) in [4.78, 5) is 0. The maximum atomic E-state index is 6.10. The Morgan fingerprint density at radius 1 is 0.818 bits per heavy atom. The van der Waals surface area contributed by atoms with Gasteiger partial charge in [0, 0.05) is 14.2 Å². The third-order valence-corrected chi connectivity index (χ3v) is 4.58. The highest BCUT2D eigenvalue weighted by atomic mass is 16.9. The molecule has 3 saturated heterocycles. The molecule has 0 N–H and O–H groups in total. The van der Waals surface area contributed by atoms with Gasteiger partial charge in [-0.25, -0.2) is 0 Å². The Balaban J connectivity index is 1.53. The molecular formula is C16H20O6. The molecule has 22 heavy (non-hydrogen) atoms. The van der Waals surface area contributed by atoms with Crippen LogP contribution in [0.3, 0.4) is 0 Å². The fourth-order valence-corrected chi connectivity index (χ4v) is 3.56. The van der Waals surface area contributed by atoms with Gasteiger partial charge in [0.15, 0.2) is 0 Å². The van der Waals surface area contributed by atoms with Crippen molar-refractivity contribution in [2.75, 3.05) is 14.2 Å². The van der Waals surface area contributed by atoms with Gasteiger partial charge in [-0.05, 0) is 5.56 Å². The van der Waals surface area contributed by atoms with Crippen LogP contribution in [0.5, 0.6) is 0 Å². The maximum Gasteiger partial charge on any atom is 0.272 e. The highest BCUT2D eigenvalue weighted by molar-refractivity contribution is 5.14. The van der Waals surface area contributed by atoms with E-state index in [0.29, 0.717) is 6.61 Å². The number of ether oxygens (including phenoxy) is 6. The van der Waals surface area contributed by atoms with Crippen LogP contribution in [0.15, 0.2) is 30.3 Å². The van der Waals surface area contributed by atoms with Gasteiger partial charge < -0.3 is 28.4 Å². The average molecular weight is 308 g/mol. The minimum absolute atomic E-state index is 0.186. The van der Waals surface area contributed by atoms with E-state index in [4.69, 9.17) is 28.4 Å². The second kappa shape index (κ2) is 5.88. The highest BCUT2D eigenvalue weighted by Crippen LogP contribution is 2.43. The van der Waals surface area contributed by atoms with Gasteiger partial charge in [-0.2, -0.15) is 0 Å². The molecule has 0 aromatic heterocycles. The molecule has 0 spiro atoms. The first-order chi connectivity index (χ1) is 10.8. The fourth-order valence-electron chi connectivity index (χ4n) is 3.56. The number of hydrogen-bond donors (Lipinski definition) is 0. The van der Waals surface area contributed by atoms with Crippen molar-refractivity contribution in [1.29, 1.82) is 0 Å². The lowest BCUT2D eigenvalue weighted by atomic mass is 9.82. The van der Waals surface area contributed by atoms with E-state index in [0.717, 1.165) is 5.56 Å². The Morgan fingerprint density at radius 2 is 1.36 bits per heavy atom. The van der Waals surface area contributed by atoms with Crippen LogP contribution in [-0.2, 0) is 35.0 Å². The molecule has 1 saturated carbocycles. The van der Waals surface area contributed by atoms with Crippen LogP contribution in [0, 0.1) is 0 Å². The van der Waals surface area contributed by atoms with E-state index in [2.05, 4.69) is 0 Å². The molecule has 4 aliphatic rings. The van der Waals surface area contributed by atoms with Crippen molar-refractivity contribution < 1.29 is 28.4 Å². The predicted octanol–water partition coefficient (Wildman–Crippen LogP) is 1.08. The van der Waals surface area contributed by atoms with Crippen molar-refractivity contribution in [2.24, 2.45) is 0 Å². The second-order valence-electron chi connectivity index (χ2n) is 5.75. The SMILES string of the molecule is COC1C2OC3OC1C(OCc1ccccc1)C(O3)C2OC. The van der Waals surface area contributed by atoms with Crippen LogP contribution in [0.4, 0.5) is 0 Å². The highest BCUT2D eigenvalue weighted by Gasteiger charge is 2.63. The Kier molecular flexibility index (Phi) is 3.89. The van der Waals surface area contributed by atoms with E-state index < -0.39 is 6.48 Å². The van der Waals surface area contributed by atoms with E-state index in [-0.39, 0.29) is 36.6 Å². The van der Waals surface area contributed by atoms with Crippen LogP contribution >= 0.6 is 0 Å². The van der Waals surface area contributed by atoms with Gasteiger partial charge in [0.2, 0.25) is 0 Å². The summed E-state index contributed by atoms with van der Waals surface area (Å²) in [6, 6.07) is 10.0. The number of benzene rings is 1. The van der Waals surface area contributed by atoms with E-state index >= 15 is 0 Å². The molecule has 0 amide bonds.